The SMILES string of the molecule is Cc1cc(C(=O)N[C@@H](Cc2ccccc2)C(=O)C(N)=O)n(-c2cccc(CNC(=O)Cc3ccccc3)c2)n1. The molecule has 0 fully saturated rings. The molecule has 4 aromatic rings. The quantitative estimate of drug-likeness (QED) is 0.260. The lowest BCUT2D eigenvalue weighted by Crippen LogP contribution is -2.47. The van der Waals surface area contributed by atoms with Crippen molar-refractivity contribution in [1.29, 1.82) is 0 Å². The topological polar surface area (TPSA) is 136 Å². The fourth-order valence-electron chi connectivity index (χ4n) is 4.16. The van der Waals surface area contributed by atoms with Crippen LogP contribution < -0.4 is 16.4 Å². The standard InChI is InChI=1S/C30H29N5O4/c1-20-15-26(30(39)33-25(28(37)29(31)38)17-21-9-4-2-5-10-21)35(34-20)24-14-8-13-23(16-24)19-32-27(36)18-22-11-6-3-7-12-22/h2-16,25H,17-19H2,1H3,(H2,31,38)(H,32,36)(H,33,39)/t25-/m0/s1. The number of aromatic nitrogens is 2. The molecule has 4 rings (SSSR count). The molecule has 0 radical (unpaired) electrons. The first-order valence-corrected chi connectivity index (χ1v) is 12.4. The molecule has 0 saturated heterocycles. The van der Waals surface area contributed by atoms with Gasteiger partial charge >= 0.3 is 0 Å². The molecule has 1 heterocycles. The van der Waals surface area contributed by atoms with Crippen molar-refractivity contribution in [2.24, 2.45) is 5.73 Å². The minimum atomic E-state index is -1.13. The van der Waals surface area contributed by atoms with E-state index in [9.17, 15) is 19.2 Å². The number of rotatable bonds is 11. The number of hydrogen-bond acceptors (Lipinski definition) is 5. The zero-order chi connectivity index (χ0) is 27.8. The van der Waals surface area contributed by atoms with E-state index in [0.717, 1.165) is 16.7 Å². The minimum Gasteiger partial charge on any atom is -0.363 e. The highest BCUT2D eigenvalue weighted by Gasteiger charge is 2.27. The maximum atomic E-state index is 13.3. The summed E-state index contributed by atoms with van der Waals surface area (Å²) >= 11 is 0. The van der Waals surface area contributed by atoms with Crippen LogP contribution in [0.2, 0.25) is 0 Å². The van der Waals surface area contributed by atoms with E-state index >= 15 is 0 Å². The Bertz CT molecular complexity index is 1480. The van der Waals surface area contributed by atoms with Crippen LogP contribution in [0.4, 0.5) is 0 Å². The van der Waals surface area contributed by atoms with Gasteiger partial charge in [-0.15, -0.1) is 0 Å². The molecule has 1 aromatic heterocycles. The lowest BCUT2D eigenvalue weighted by Gasteiger charge is -2.17. The van der Waals surface area contributed by atoms with Gasteiger partial charge in [-0.3, -0.25) is 19.2 Å². The normalized spacial score (nSPS) is 11.4. The Morgan fingerprint density at radius 3 is 2.15 bits per heavy atom. The second-order valence-corrected chi connectivity index (χ2v) is 9.14. The number of amides is 3. The molecule has 0 aliphatic heterocycles. The highest BCUT2D eigenvalue weighted by atomic mass is 16.2. The number of Topliss-reactive ketones (excluding diaryl/α,β-unsaturated/α-hetero) is 1. The van der Waals surface area contributed by atoms with Crippen LogP contribution in [0.5, 0.6) is 0 Å². The number of carbonyl (C=O) groups is 4. The van der Waals surface area contributed by atoms with Crippen LogP contribution in [0, 0.1) is 6.92 Å². The number of benzene rings is 3. The first-order valence-electron chi connectivity index (χ1n) is 12.4. The van der Waals surface area contributed by atoms with E-state index in [1.807, 2.05) is 54.6 Å². The molecule has 0 aliphatic rings. The van der Waals surface area contributed by atoms with E-state index < -0.39 is 23.6 Å². The molecular formula is C30H29N5O4. The van der Waals surface area contributed by atoms with Crippen LogP contribution in [0.3, 0.4) is 0 Å². The van der Waals surface area contributed by atoms with Crippen LogP contribution in [-0.2, 0) is 33.8 Å². The first kappa shape index (κ1) is 27.0. The molecule has 3 amide bonds. The van der Waals surface area contributed by atoms with Crippen molar-refractivity contribution in [1.82, 2.24) is 20.4 Å². The second-order valence-electron chi connectivity index (χ2n) is 9.14. The van der Waals surface area contributed by atoms with Crippen molar-refractivity contribution < 1.29 is 19.2 Å². The van der Waals surface area contributed by atoms with Crippen molar-refractivity contribution in [3.8, 4) is 5.69 Å². The molecule has 9 nitrogen and oxygen atoms in total. The number of ketones is 1. The summed E-state index contributed by atoms with van der Waals surface area (Å²) in [6.45, 7) is 2.05. The maximum Gasteiger partial charge on any atom is 0.287 e. The van der Waals surface area contributed by atoms with Crippen LogP contribution in [0.25, 0.3) is 5.69 Å². The first-order chi connectivity index (χ1) is 18.8. The average Bonchev–Trinajstić information content (AvgIpc) is 3.34. The summed E-state index contributed by atoms with van der Waals surface area (Å²) in [6.07, 6.45) is 0.386. The Morgan fingerprint density at radius 2 is 1.49 bits per heavy atom. The predicted octanol–water partition coefficient (Wildman–Crippen LogP) is 2.44. The van der Waals surface area contributed by atoms with Crippen LogP contribution in [-0.4, -0.2) is 39.3 Å². The number of primary amides is 1. The zero-order valence-corrected chi connectivity index (χ0v) is 21.5. The Hall–Kier alpha value is -5.05. The monoisotopic (exact) mass is 523 g/mol. The molecule has 0 saturated carbocycles. The van der Waals surface area contributed by atoms with Crippen LogP contribution in [0.15, 0.2) is 91.0 Å². The van der Waals surface area contributed by atoms with Gasteiger partial charge in [0.1, 0.15) is 11.7 Å². The fourth-order valence-corrected chi connectivity index (χ4v) is 4.16. The third kappa shape index (κ3) is 7.26. The van der Waals surface area contributed by atoms with Gasteiger partial charge in [0.2, 0.25) is 11.7 Å². The molecule has 0 unspecified atom stereocenters. The molecule has 4 N–H and O–H groups in total. The third-order valence-electron chi connectivity index (χ3n) is 6.06. The number of nitrogens with zero attached hydrogens (tertiary/aromatic N) is 2. The van der Waals surface area contributed by atoms with Crippen molar-refractivity contribution in [3.63, 3.8) is 0 Å². The summed E-state index contributed by atoms with van der Waals surface area (Å²) in [5.41, 5.74) is 9.14. The highest BCUT2D eigenvalue weighted by Crippen LogP contribution is 2.16. The molecule has 9 heteroatoms. The molecule has 0 bridgehead atoms. The lowest BCUT2D eigenvalue weighted by molar-refractivity contribution is -0.137. The Kier molecular flexibility index (Phi) is 8.63. The summed E-state index contributed by atoms with van der Waals surface area (Å²) in [6, 6.07) is 26.2. The molecule has 198 valence electrons. The third-order valence-corrected chi connectivity index (χ3v) is 6.06. The van der Waals surface area contributed by atoms with E-state index in [1.165, 1.54) is 4.68 Å². The van der Waals surface area contributed by atoms with Gasteiger partial charge in [0.15, 0.2) is 0 Å². The lowest BCUT2D eigenvalue weighted by atomic mass is 10.0. The van der Waals surface area contributed by atoms with E-state index in [1.54, 1.807) is 43.3 Å². The van der Waals surface area contributed by atoms with Gasteiger partial charge in [0, 0.05) is 13.0 Å². The summed E-state index contributed by atoms with van der Waals surface area (Å²) in [4.78, 5) is 49.9. The van der Waals surface area contributed by atoms with Gasteiger partial charge in [0.05, 0.1) is 17.8 Å². The number of carbonyl (C=O) groups excluding carboxylic acids is 4. The van der Waals surface area contributed by atoms with Crippen molar-refractivity contribution in [3.05, 3.63) is 119 Å². The number of nitrogens with one attached hydrogen (secondary N) is 2. The van der Waals surface area contributed by atoms with Crippen LogP contribution in [0.1, 0.15) is 32.9 Å². The minimum absolute atomic E-state index is 0.106. The summed E-state index contributed by atoms with van der Waals surface area (Å²) in [5, 5.41) is 10.0. The molecule has 0 aliphatic carbocycles. The Morgan fingerprint density at radius 1 is 0.846 bits per heavy atom. The number of aryl methyl sites for hydroxylation is 1. The average molecular weight is 524 g/mol. The van der Waals surface area contributed by atoms with Crippen molar-refractivity contribution in [2.45, 2.75) is 32.4 Å². The second kappa shape index (κ2) is 12.5. The van der Waals surface area contributed by atoms with Crippen molar-refractivity contribution in [2.75, 3.05) is 0 Å². The molecule has 39 heavy (non-hydrogen) atoms. The fraction of sp³-hybridized carbons (Fsp3) is 0.167. The molecule has 3 aromatic carbocycles. The smallest absolute Gasteiger partial charge is 0.287 e. The molecular weight excluding hydrogens is 494 g/mol. The van der Waals surface area contributed by atoms with E-state index in [4.69, 9.17) is 5.73 Å². The van der Waals surface area contributed by atoms with Crippen LogP contribution >= 0.6 is 0 Å². The molecule has 0 spiro atoms. The van der Waals surface area contributed by atoms with Gasteiger partial charge in [0.25, 0.3) is 11.8 Å². The Balaban J connectivity index is 1.50. The maximum absolute atomic E-state index is 13.3. The predicted molar refractivity (Wildman–Crippen MR) is 146 cm³/mol. The van der Waals surface area contributed by atoms with Gasteiger partial charge in [-0.1, -0.05) is 72.8 Å². The summed E-state index contributed by atoms with van der Waals surface area (Å²) in [5.74, 6) is -2.69. The zero-order valence-electron chi connectivity index (χ0n) is 21.5. The van der Waals surface area contributed by atoms with E-state index in [-0.39, 0.29) is 24.4 Å². The number of nitrogens with two attached hydrogens (primary N) is 1. The summed E-state index contributed by atoms with van der Waals surface area (Å²) < 4.78 is 1.47. The number of hydrogen-bond donors (Lipinski definition) is 3. The highest BCUT2D eigenvalue weighted by molar-refractivity contribution is 6.38. The van der Waals surface area contributed by atoms with Crippen molar-refractivity contribution >= 4 is 23.5 Å². The van der Waals surface area contributed by atoms with E-state index in [0.29, 0.717) is 17.9 Å². The van der Waals surface area contributed by atoms with Gasteiger partial charge in [-0.05, 0) is 41.8 Å². The largest absolute Gasteiger partial charge is 0.363 e. The van der Waals surface area contributed by atoms with E-state index in [2.05, 4.69) is 15.7 Å². The van der Waals surface area contributed by atoms with Gasteiger partial charge in [-0.25, -0.2) is 4.68 Å². The summed E-state index contributed by atoms with van der Waals surface area (Å²) in [7, 11) is 0. The van der Waals surface area contributed by atoms with Gasteiger partial charge in [-0.2, -0.15) is 5.10 Å². The van der Waals surface area contributed by atoms with Gasteiger partial charge < -0.3 is 16.4 Å². The molecule has 1 atom stereocenters. The Labute approximate surface area is 226 Å².